The number of aromatic nitrogens is 3. The maximum Gasteiger partial charge on any atom is 0.270 e. The fourth-order valence-corrected chi connectivity index (χ4v) is 5.42. The molecule has 4 rings (SSSR count). The van der Waals surface area contributed by atoms with Crippen LogP contribution in [0.15, 0.2) is 35.2 Å². The first kappa shape index (κ1) is 23.6. The van der Waals surface area contributed by atoms with E-state index in [9.17, 15) is 23.3 Å². The quantitative estimate of drug-likeness (QED) is 0.375. The summed E-state index contributed by atoms with van der Waals surface area (Å²) in [5, 5.41) is 16.1. The molecule has 0 atom stereocenters. The molecule has 3 aromatic rings. The van der Waals surface area contributed by atoms with Gasteiger partial charge in [0, 0.05) is 51.1 Å². The maximum absolute atomic E-state index is 12.9. The van der Waals surface area contributed by atoms with Crippen molar-refractivity contribution < 1.29 is 22.9 Å². The molecule has 0 unspecified atom stereocenters. The highest BCUT2D eigenvalue weighted by Gasteiger charge is 2.31. The van der Waals surface area contributed by atoms with Crippen LogP contribution in [0.2, 0.25) is 0 Å². The third kappa shape index (κ3) is 4.43. The van der Waals surface area contributed by atoms with Gasteiger partial charge in [0.15, 0.2) is 12.3 Å². The summed E-state index contributed by atoms with van der Waals surface area (Å²) in [6, 6.07) is 6.85. The molecular formula is C21H24N6O6S. The van der Waals surface area contributed by atoms with Crippen molar-refractivity contribution in [2.24, 2.45) is 7.05 Å². The summed E-state index contributed by atoms with van der Waals surface area (Å²) < 4.78 is 34.3. The Morgan fingerprint density at radius 1 is 1.18 bits per heavy atom. The molecule has 0 aliphatic carbocycles. The van der Waals surface area contributed by atoms with Crippen LogP contribution in [0.4, 0.5) is 5.69 Å². The Kier molecular flexibility index (Phi) is 6.23. The molecule has 0 bridgehead atoms. The number of non-ortho nitro benzene ring substituents is 1. The predicted molar refractivity (Wildman–Crippen MR) is 122 cm³/mol. The minimum Gasteiger partial charge on any atom is -0.466 e. The SMILES string of the molecule is Cc1cc(C)c2c(OCC(=O)N3CCN(S(=O)(=O)c4cccc([N+](=O)[O-])c4)CC3)nn(C)c2n1. The topological polar surface area (TPSA) is 141 Å². The van der Waals surface area contributed by atoms with E-state index in [2.05, 4.69) is 10.1 Å². The highest BCUT2D eigenvalue weighted by Crippen LogP contribution is 2.27. The Labute approximate surface area is 195 Å². The normalized spacial score (nSPS) is 15.0. The molecule has 1 saturated heterocycles. The first-order valence-electron chi connectivity index (χ1n) is 10.5. The number of pyridine rings is 1. The van der Waals surface area contributed by atoms with Crippen LogP contribution in [-0.2, 0) is 21.9 Å². The van der Waals surface area contributed by atoms with Gasteiger partial charge in [-0.2, -0.15) is 4.31 Å². The Morgan fingerprint density at radius 2 is 1.88 bits per heavy atom. The number of fused-ring (bicyclic) bond motifs is 1. The van der Waals surface area contributed by atoms with Crippen molar-refractivity contribution in [1.29, 1.82) is 0 Å². The van der Waals surface area contributed by atoms with Gasteiger partial charge in [-0.05, 0) is 31.5 Å². The van der Waals surface area contributed by atoms with Crippen molar-refractivity contribution in [2.45, 2.75) is 18.7 Å². The third-order valence-electron chi connectivity index (χ3n) is 5.68. The smallest absolute Gasteiger partial charge is 0.270 e. The van der Waals surface area contributed by atoms with E-state index in [1.165, 1.54) is 27.4 Å². The molecule has 0 spiro atoms. The van der Waals surface area contributed by atoms with Crippen molar-refractivity contribution in [3.63, 3.8) is 0 Å². The van der Waals surface area contributed by atoms with Gasteiger partial charge in [-0.15, -0.1) is 5.10 Å². The van der Waals surface area contributed by atoms with Gasteiger partial charge in [0.2, 0.25) is 15.9 Å². The highest BCUT2D eigenvalue weighted by atomic mass is 32.2. The Hall–Kier alpha value is -3.58. The van der Waals surface area contributed by atoms with Crippen LogP contribution in [0, 0.1) is 24.0 Å². The van der Waals surface area contributed by atoms with E-state index in [1.807, 2.05) is 19.9 Å². The molecule has 1 aliphatic rings. The molecule has 1 aliphatic heterocycles. The number of sulfonamides is 1. The number of nitrogens with zero attached hydrogens (tertiary/aromatic N) is 6. The number of nitro groups is 1. The lowest BCUT2D eigenvalue weighted by Crippen LogP contribution is -2.51. The molecular weight excluding hydrogens is 464 g/mol. The molecule has 0 N–H and O–H groups in total. The van der Waals surface area contributed by atoms with Gasteiger partial charge in [-0.1, -0.05) is 6.07 Å². The average molecular weight is 489 g/mol. The minimum atomic E-state index is -3.91. The molecule has 1 amide bonds. The Morgan fingerprint density at radius 3 is 2.56 bits per heavy atom. The first-order valence-corrected chi connectivity index (χ1v) is 12.0. The zero-order valence-corrected chi connectivity index (χ0v) is 19.8. The van der Waals surface area contributed by atoms with Gasteiger partial charge in [0.25, 0.3) is 11.6 Å². The average Bonchev–Trinajstić information content (AvgIpc) is 3.13. The summed E-state index contributed by atoms with van der Waals surface area (Å²) in [5.74, 6) is 0.0339. The van der Waals surface area contributed by atoms with Crippen LogP contribution < -0.4 is 4.74 Å². The van der Waals surface area contributed by atoms with E-state index in [1.54, 1.807) is 11.7 Å². The summed E-state index contributed by atoms with van der Waals surface area (Å²) >= 11 is 0. The van der Waals surface area contributed by atoms with Gasteiger partial charge in [0.1, 0.15) is 0 Å². The molecule has 34 heavy (non-hydrogen) atoms. The molecule has 180 valence electrons. The number of carbonyl (C=O) groups is 1. The molecule has 0 saturated carbocycles. The maximum atomic E-state index is 12.9. The standard InChI is InChI=1S/C21H24N6O6S/c1-14-11-15(2)22-20-19(14)21(23-24(20)3)33-13-18(28)25-7-9-26(10-8-25)34(31,32)17-6-4-5-16(12-17)27(29)30/h4-6,11-12H,7-10,13H2,1-3H3. The zero-order valence-electron chi connectivity index (χ0n) is 19.0. The van der Waals surface area contributed by atoms with Gasteiger partial charge in [-0.25, -0.2) is 18.1 Å². The molecule has 2 aromatic heterocycles. The molecule has 12 nitrogen and oxygen atoms in total. The van der Waals surface area contributed by atoms with Crippen LogP contribution in [0.25, 0.3) is 11.0 Å². The second kappa shape index (κ2) is 8.99. The monoisotopic (exact) mass is 488 g/mol. The number of piperazine rings is 1. The number of nitro benzene ring substituents is 1. The van der Waals surface area contributed by atoms with Crippen LogP contribution in [0.1, 0.15) is 11.3 Å². The van der Waals surface area contributed by atoms with Gasteiger partial charge < -0.3 is 9.64 Å². The Bertz CT molecular complexity index is 1380. The number of hydrogen-bond donors (Lipinski definition) is 0. The minimum absolute atomic E-state index is 0.0750. The summed E-state index contributed by atoms with van der Waals surface area (Å²) in [5.41, 5.74) is 2.17. The number of benzene rings is 1. The largest absolute Gasteiger partial charge is 0.466 e. The number of amides is 1. The highest BCUT2D eigenvalue weighted by molar-refractivity contribution is 7.89. The summed E-state index contributed by atoms with van der Waals surface area (Å²) in [4.78, 5) is 28.9. The number of rotatable bonds is 6. The third-order valence-corrected chi connectivity index (χ3v) is 7.57. The van der Waals surface area contributed by atoms with Crippen LogP contribution in [-0.4, -0.2) is 76.0 Å². The number of ether oxygens (including phenoxy) is 1. The summed E-state index contributed by atoms with van der Waals surface area (Å²) in [6.45, 7) is 4.09. The van der Waals surface area contributed by atoms with Gasteiger partial charge in [-0.3, -0.25) is 14.9 Å². The van der Waals surface area contributed by atoms with Gasteiger partial charge in [0.05, 0.1) is 15.2 Å². The molecule has 13 heteroatoms. The number of aryl methyl sites for hydroxylation is 3. The fourth-order valence-electron chi connectivity index (χ4n) is 3.96. The van der Waals surface area contributed by atoms with Crippen molar-refractivity contribution in [1.82, 2.24) is 24.0 Å². The summed E-state index contributed by atoms with van der Waals surface area (Å²) in [7, 11) is -2.16. The first-order chi connectivity index (χ1) is 16.1. The second-order valence-corrected chi connectivity index (χ2v) is 9.97. The van der Waals surface area contributed by atoms with Crippen molar-refractivity contribution in [3.05, 3.63) is 51.7 Å². The van der Waals surface area contributed by atoms with Crippen LogP contribution in [0.3, 0.4) is 0 Å². The van der Waals surface area contributed by atoms with E-state index in [0.717, 1.165) is 22.7 Å². The lowest BCUT2D eigenvalue weighted by atomic mass is 10.2. The van der Waals surface area contributed by atoms with Crippen LogP contribution >= 0.6 is 0 Å². The lowest BCUT2D eigenvalue weighted by molar-refractivity contribution is -0.385. The van der Waals surface area contributed by atoms with E-state index < -0.39 is 14.9 Å². The van der Waals surface area contributed by atoms with E-state index in [0.29, 0.717) is 11.5 Å². The molecule has 1 aromatic carbocycles. The predicted octanol–water partition coefficient (Wildman–Crippen LogP) is 1.41. The molecule has 1 fully saturated rings. The lowest BCUT2D eigenvalue weighted by Gasteiger charge is -2.33. The summed E-state index contributed by atoms with van der Waals surface area (Å²) in [6.07, 6.45) is 0. The van der Waals surface area contributed by atoms with E-state index >= 15 is 0 Å². The van der Waals surface area contributed by atoms with Crippen molar-refractivity contribution in [3.8, 4) is 5.88 Å². The molecule has 0 radical (unpaired) electrons. The number of hydrogen-bond acceptors (Lipinski definition) is 8. The Balaban J connectivity index is 1.39. The van der Waals surface area contributed by atoms with Crippen molar-refractivity contribution in [2.75, 3.05) is 32.8 Å². The zero-order chi connectivity index (χ0) is 24.6. The van der Waals surface area contributed by atoms with E-state index in [-0.39, 0.29) is 49.3 Å². The van der Waals surface area contributed by atoms with Crippen molar-refractivity contribution >= 4 is 32.7 Å². The van der Waals surface area contributed by atoms with Crippen LogP contribution in [0.5, 0.6) is 5.88 Å². The molecule has 3 heterocycles. The number of carbonyl (C=O) groups excluding carboxylic acids is 1. The second-order valence-electron chi connectivity index (χ2n) is 8.04. The van der Waals surface area contributed by atoms with E-state index in [4.69, 9.17) is 4.74 Å². The van der Waals surface area contributed by atoms with Gasteiger partial charge >= 0.3 is 0 Å². The fraction of sp³-hybridized carbons (Fsp3) is 0.381.